The Morgan fingerprint density at radius 1 is 1.41 bits per heavy atom. The summed E-state index contributed by atoms with van der Waals surface area (Å²) in [6.07, 6.45) is 3.62. The average Bonchev–Trinajstić information content (AvgIpc) is 2.32. The standard InChI is InChI=1S/C14H20N2S/c1-3-6-12(2)9-13-7-4-5-8-14(13)16-10-15-11-17/h4-5,7-8,12,16H,3,6,9-10H2,1-2H3. The van der Waals surface area contributed by atoms with Crippen LogP contribution in [0.5, 0.6) is 0 Å². The van der Waals surface area contributed by atoms with E-state index in [1.54, 1.807) is 0 Å². The number of aliphatic imine (C=N–C) groups is 1. The van der Waals surface area contributed by atoms with Gasteiger partial charge in [0, 0.05) is 5.69 Å². The summed E-state index contributed by atoms with van der Waals surface area (Å²) in [5.74, 6) is 0.719. The molecule has 1 aromatic rings. The van der Waals surface area contributed by atoms with E-state index in [0.717, 1.165) is 18.0 Å². The van der Waals surface area contributed by atoms with Crippen molar-refractivity contribution in [3.63, 3.8) is 0 Å². The fourth-order valence-electron chi connectivity index (χ4n) is 2.00. The van der Waals surface area contributed by atoms with Crippen molar-refractivity contribution in [1.29, 1.82) is 0 Å². The van der Waals surface area contributed by atoms with Crippen LogP contribution in [-0.4, -0.2) is 11.8 Å². The smallest absolute Gasteiger partial charge is 0.118 e. The third-order valence-corrected chi connectivity index (χ3v) is 2.91. The van der Waals surface area contributed by atoms with Crippen molar-refractivity contribution >= 4 is 23.1 Å². The van der Waals surface area contributed by atoms with Crippen LogP contribution in [0.15, 0.2) is 29.3 Å². The number of benzene rings is 1. The van der Waals surface area contributed by atoms with Gasteiger partial charge in [-0.05, 0) is 36.2 Å². The van der Waals surface area contributed by atoms with Crippen LogP contribution in [-0.2, 0) is 6.42 Å². The maximum absolute atomic E-state index is 4.55. The van der Waals surface area contributed by atoms with Gasteiger partial charge in [0.15, 0.2) is 0 Å². The maximum atomic E-state index is 4.55. The first kappa shape index (κ1) is 13.9. The summed E-state index contributed by atoms with van der Waals surface area (Å²) in [6, 6.07) is 8.39. The van der Waals surface area contributed by atoms with Crippen molar-refractivity contribution in [2.75, 3.05) is 12.0 Å². The topological polar surface area (TPSA) is 24.4 Å². The zero-order valence-corrected chi connectivity index (χ0v) is 11.4. The van der Waals surface area contributed by atoms with Gasteiger partial charge >= 0.3 is 0 Å². The molecular weight excluding hydrogens is 228 g/mol. The van der Waals surface area contributed by atoms with Crippen molar-refractivity contribution in [3.05, 3.63) is 29.8 Å². The Kier molecular flexibility index (Phi) is 6.53. The molecule has 0 saturated carbocycles. The number of hydrogen-bond acceptors (Lipinski definition) is 3. The lowest BCUT2D eigenvalue weighted by molar-refractivity contribution is 0.523. The SMILES string of the molecule is CCCC(C)Cc1ccccc1NCN=C=S. The predicted octanol–water partition coefficient (Wildman–Crippen LogP) is 4.14. The number of rotatable bonds is 7. The van der Waals surface area contributed by atoms with Gasteiger partial charge in [-0.15, -0.1) is 0 Å². The van der Waals surface area contributed by atoms with E-state index in [1.807, 2.05) is 6.07 Å². The molecule has 1 unspecified atom stereocenters. The Morgan fingerprint density at radius 3 is 2.88 bits per heavy atom. The number of nitrogens with zero attached hydrogens (tertiary/aromatic N) is 1. The van der Waals surface area contributed by atoms with Crippen molar-refractivity contribution in [3.8, 4) is 0 Å². The highest BCUT2D eigenvalue weighted by molar-refractivity contribution is 7.78. The molecule has 1 N–H and O–H groups in total. The average molecular weight is 248 g/mol. The van der Waals surface area contributed by atoms with E-state index in [4.69, 9.17) is 0 Å². The van der Waals surface area contributed by atoms with Crippen LogP contribution in [0.25, 0.3) is 0 Å². The van der Waals surface area contributed by atoms with E-state index in [1.165, 1.54) is 18.4 Å². The van der Waals surface area contributed by atoms with Crippen molar-refractivity contribution in [2.45, 2.75) is 33.1 Å². The van der Waals surface area contributed by atoms with Gasteiger partial charge in [0.1, 0.15) is 6.67 Å². The summed E-state index contributed by atoms with van der Waals surface area (Å²) in [4.78, 5) is 3.88. The van der Waals surface area contributed by atoms with Gasteiger partial charge < -0.3 is 5.32 Å². The second-order valence-electron chi connectivity index (χ2n) is 4.34. The summed E-state index contributed by atoms with van der Waals surface area (Å²) in [6.45, 7) is 5.03. The normalized spacial score (nSPS) is 11.6. The highest BCUT2D eigenvalue weighted by Crippen LogP contribution is 2.20. The Labute approximate surface area is 109 Å². The van der Waals surface area contributed by atoms with Crippen LogP contribution >= 0.6 is 12.2 Å². The Hall–Kier alpha value is -1.18. The number of isothiocyanates is 1. The van der Waals surface area contributed by atoms with Crippen LogP contribution in [0, 0.1) is 5.92 Å². The lowest BCUT2D eigenvalue weighted by Gasteiger charge is -2.14. The largest absolute Gasteiger partial charge is 0.365 e. The molecule has 0 spiro atoms. The van der Waals surface area contributed by atoms with E-state index in [9.17, 15) is 0 Å². The van der Waals surface area contributed by atoms with Gasteiger partial charge in [0.2, 0.25) is 0 Å². The third kappa shape index (κ3) is 5.12. The molecule has 1 aromatic carbocycles. The van der Waals surface area contributed by atoms with Gasteiger partial charge in [0.05, 0.1) is 5.16 Å². The zero-order chi connectivity index (χ0) is 12.5. The first-order valence-corrected chi connectivity index (χ1v) is 6.54. The Bertz CT molecular complexity index is 384. The monoisotopic (exact) mass is 248 g/mol. The van der Waals surface area contributed by atoms with Gasteiger partial charge in [-0.25, -0.2) is 4.99 Å². The Morgan fingerprint density at radius 2 is 2.18 bits per heavy atom. The minimum Gasteiger partial charge on any atom is -0.365 e. The van der Waals surface area contributed by atoms with Gasteiger partial charge in [-0.2, -0.15) is 0 Å². The summed E-state index contributed by atoms with van der Waals surface area (Å²) in [7, 11) is 0. The molecule has 0 saturated heterocycles. The van der Waals surface area contributed by atoms with Gasteiger partial charge in [0.25, 0.3) is 0 Å². The Balaban J connectivity index is 2.66. The molecule has 0 fully saturated rings. The number of nitrogens with one attached hydrogen (secondary N) is 1. The lowest BCUT2D eigenvalue weighted by atomic mass is 9.96. The number of thiocarbonyl (C=S) groups is 1. The molecule has 17 heavy (non-hydrogen) atoms. The van der Waals surface area contributed by atoms with E-state index < -0.39 is 0 Å². The van der Waals surface area contributed by atoms with Crippen LogP contribution in [0.1, 0.15) is 32.3 Å². The number of anilines is 1. The second kappa shape index (κ2) is 7.99. The minimum atomic E-state index is 0.503. The molecule has 0 radical (unpaired) electrons. The molecule has 0 aliphatic heterocycles. The number of hydrogen-bond donors (Lipinski definition) is 1. The number of para-hydroxylation sites is 1. The van der Waals surface area contributed by atoms with Gasteiger partial charge in [-0.1, -0.05) is 44.9 Å². The molecule has 3 heteroatoms. The summed E-state index contributed by atoms with van der Waals surface area (Å²) >= 11 is 4.55. The first-order chi connectivity index (χ1) is 8.27. The summed E-state index contributed by atoms with van der Waals surface area (Å²) in [5.41, 5.74) is 2.51. The predicted molar refractivity (Wildman–Crippen MR) is 77.7 cm³/mol. The molecule has 1 atom stereocenters. The second-order valence-corrected chi connectivity index (χ2v) is 4.52. The van der Waals surface area contributed by atoms with E-state index in [-0.39, 0.29) is 0 Å². The third-order valence-electron chi connectivity index (χ3n) is 2.78. The van der Waals surface area contributed by atoms with E-state index in [2.05, 4.69) is 59.7 Å². The molecule has 92 valence electrons. The lowest BCUT2D eigenvalue weighted by Crippen LogP contribution is -2.05. The highest BCUT2D eigenvalue weighted by atomic mass is 32.1. The summed E-state index contributed by atoms with van der Waals surface area (Å²) < 4.78 is 0. The van der Waals surface area contributed by atoms with Crippen molar-refractivity contribution in [2.24, 2.45) is 10.9 Å². The maximum Gasteiger partial charge on any atom is 0.118 e. The quantitative estimate of drug-likeness (QED) is 0.579. The summed E-state index contributed by atoms with van der Waals surface area (Å²) in [5, 5.41) is 5.63. The molecule has 2 nitrogen and oxygen atoms in total. The fourth-order valence-corrected chi connectivity index (χ4v) is 2.06. The van der Waals surface area contributed by atoms with Crippen LogP contribution in [0.2, 0.25) is 0 Å². The molecule has 0 heterocycles. The molecule has 0 aromatic heterocycles. The molecule has 0 amide bonds. The minimum absolute atomic E-state index is 0.503. The molecule has 0 aliphatic carbocycles. The van der Waals surface area contributed by atoms with Gasteiger partial charge in [-0.3, -0.25) is 0 Å². The molecule has 0 aliphatic rings. The van der Waals surface area contributed by atoms with Crippen LogP contribution in [0.3, 0.4) is 0 Å². The van der Waals surface area contributed by atoms with Crippen LogP contribution in [0.4, 0.5) is 5.69 Å². The van der Waals surface area contributed by atoms with Crippen molar-refractivity contribution < 1.29 is 0 Å². The highest BCUT2D eigenvalue weighted by Gasteiger charge is 2.06. The molecule has 0 bridgehead atoms. The zero-order valence-electron chi connectivity index (χ0n) is 10.6. The molecular formula is C14H20N2S. The van der Waals surface area contributed by atoms with E-state index >= 15 is 0 Å². The fraction of sp³-hybridized carbons (Fsp3) is 0.500. The van der Waals surface area contributed by atoms with Crippen LogP contribution < -0.4 is 5.32 Å². The molecule has 1 rings (SSSR count). The van der Waals surface area contributed by atoms with Crippen molar-refractivity contribution in [1.82, 2.24) is 0 Å². The van der Waals surface area contributed by atoms with E-state index in [0.29, 0.717) is 6.67 Å². The first-order valence-electron chi connectivity index (χ1n) is 6.13.